The van der Waals surface area contributed by atoms with Crippen LogP contribution in [0, 0.1) is 0 Å². The summed E-state index contributed by atoms with van der Waals surface area (Å²) in [6, 6.07) is 26.5. The van der Waals surface area contributed by atoms with Crippen molar-refractivity contribution in [3.63, 3.8) is 0 Å². The Morgan fingerprint density at radius 3 is 1.88 bits per heavy atom. The van der Waals surface area contributed by atoms with E-state index in [1.807, 2.05) is 24.3 Å². The Kier molecular flexibility index (Phi) is 4.28. The maximum absolute atomic E-state index is 6.53. The van der Waals surface area contributed by atoms with Crippen molar-refractivity contribution in [1.29, 1.82) is 0 Å². The average Bonchev–Trinajstić information content (AvgIpc) is 2.69. The minimum atomic E-state index is 0.635. The molecule has 4 rings (SSSR count). The first-order valence-electron chi connectivity index (χ1n) is 8.05. The molecule has 0 aliphatic carbocycles. The van der Waals surface area contributed by atoms with Crippen molar-refractivity contribution >= 4 is 11.6 Å². The Labute approximate surface area is 151 Å². The van der Waals surface area contributed by atoms with Crippen LogP contribution >= 0.6 is 11.6 Å². The third-order valence-corrected chi connectivity index (χ3v) is 4.41. The van der Waals surface area contributed by atoms with Gasteiger partial charge >= 0.3 is 0 Å². The van der Waals surface area contributed by atoms with Crippen LogP contribution in [0.15, 0.2) is 91.3 Å². The van der Waals surface area contributed by atoms with Gasteiger partial charge in [0.05, 0.1) is 5.02 Å². The molecule has 0 aliphatic rings. The molecule has 0 amide bonds. The molecule has 0 N–H and O–H groups in total. The summed E-state index contributed by atoms with van der Waals surface area (Å²) in [7, 11) is 0. The molecule has 0 saturated carbocycles. The maximum Gasteiger partial charge on any atom is 0.160 e. The Morgan fingerprint density at radius 2 is 1.20 bits per heavy atom. The molecular formula is C22H15ClN2. The zero-order valence-corrected chi connectivity index (χ0v) is 14.2. The van der Waals surface area contributed by atoms with Gasteiger partial charge in [-0.05, 0) is 40.5 Å². The lowest BCUT2D eigenvalue weighted by Gasteiger charge is -2.12. The van der Waals surface area contributed by atoms with E-state index >= 15 is 0 Å². The highest BCUT2D eigenvalue weighted by atomic mass is 35.5. The summed E-state index contributed by atoms with van der Waals surface area (Å²) >= 11 is 6.53. The molecule has 0 fully saturated rings. The molecule has 0 radical (unpaired) electrons. The predicted molar refractivity (Wildman–Crippen MR) is 103 cm³/mol. The predicted octanol–water partition coefficient (Wildman–Crippen LogP) is 6.13. The number of benzene rings is 3. The first-order chi connectivity index (χ1) is 12.3. The van der Waals surface area contributed by atoms with E-state index in [1.165, 1.54) is 11.1 Å². The number of rotatable bonds is 3. The van der Waals surface area contributed by atoms with Crippen LogP contribution in [0.2, 0.25) is 5.02 Å². The minimum Gasteiger partial charge on any atom is -0.237 e. The highest BCUT2D eigenvalue weighted by Gasteiger charge is 2.11. The molecule has 3 aromatic carbocycles. The van der Waals surface area contributed by atoms with Gasteiger partial charge in [0.2, 0.25) is 0 Å². The number of aromatic nitrogens is 2. The summed E-state index contributed by atoms with van der Waals surface area (Å²) in [4.78, 5) is 8.56. The molecule has 0 aliphatic heterocycles. The largest absolute Gasteiger partial charge is 0.237 e. The number of hydrogen-bond acceptors (Lipinski definition) is 2. The van der Waals surface area contributed by atoms with E-state index in [9.17, 15) is 0 Å². The van der Waals surface area contributed by atoms with Gasteiger partial charge in [-0.2, -0.15) is 0 Å². The second-order valence-electron chi connectivity index (χ2n) is 5.68. The summed E-state index contributed by atoms with van der Waals surface area (Å²) in [5, 5.41) is 0.645. The van der Waals surface area contributed by atoms with Gasteiger partial charge < -0.3 is 0 Å². The zero-order valence-electron chi connectivity index (χ0n) is 13.4. The first kappa shape index (κ1) is 15.6. The van der Waals surface area contributed by atoms with Crippen LogP contribution in [-0.2, 0) is 0 Å². The molecule has 0 bridgehead atoms. The smallest absolute Gasteiger partial charge is 0.160 e. The molecule has 0 unspecified atom stereocenters. The second kappa shape index (κ2) is 6.88. The lowest BCUT2D eigenvalue weighted by molar-refractivity contribution is 1.18. The van der Waals surface area contributed by atoms with Crippen LogP contribution in [0.4, 0.5) is 0 Å². The fourth-order valence-corrected chi connectivity index (χ4v) is 3.17. The monoisotopic (exact) mass is 342 g/mol. The van der Waals surface area contributed by atoms with Gasteiger partial charge in [-0.25, -0.2) is 9.97 Å². The fraction of sp³-hybridized carbons (Fsp3) is 0. The average molecular weight is 343 g/mol. The maximum atomic E-state index is 6.53. The van der Waals surface area contributed by atoms with E-state index in [2.05, 4.69) is 58.5 Å². The van der Waals surface area contributed by atoms with Crippen LogP contribution in [0.1, 0.15) is 0 Å². The molecule has 25 heavy (non-hydrogen) atoms. The van der Waals surface area contributed by atoms with Gasteiger partial charge in [-0.15, -0.1) is 0 Å². The van der Waals surface area contributed by atoms with Gasteiger partial charge in [0.25, 0.3) is 0 Å². The summed E-state index contributed by atoms with van der Waals surface area (Å²) < 4.78 is 0. The van der Waals surface area contributed by atoms with E-state index in [1.54, 1.807) is 18.5 Å². The minimum absolute atomic E-state index is 0.635. The highest BCUT2D eigenvalue weighted by Crippen LogP contribution is 2.35. The van der Waals surface area contributed by atoms with Crippen LogP contribution in [0.5, 0.6) is 0 Å². The molecule has 1 aromatic heterocycles. The van der Waals surface area contributed by atoms with E-state index < -0.39 is 0 Å². The molecule has 3 heteroatoms. The summed E-state index contributed by atoms with van der Waals surface area (Å²) in [5.74, 6) is 0.635. The van der Waals surface area contributed by atoms with Crippen LogP contribution in [0.3, 0.4) is 0 Å². The fourth-order valence-electron chi connectivity index (χ4n) is 2.91. The Hall–Kier alpha value is -2.97. The van der Waals surface area contributed by atoms with Gasteiger partial charge in [0.1, 0.15) is 0 Å². The Balaban J connectivity index is 1.81. The summed E-state index contributed by atoms with van der Waals surface area (Å²) in [6.45, 7) is 0. The number of nitrogens with zero attached hydrogens (tertiary/aromatic N) is 2. The zero-order chi connectivity index (χ0) is 17.1. The normalized spacial score (nSPS) is 10.6. The van der Waals surface area contributed by atoms with E-state index in [0.717, 1.165) is 16.7 Å². The van der Waals surface area contributed by atoms with Crippen molar-refractivity contribution in [2.24, 2.45) is 0 Å². The Morgan fingerprint density at radius 1 is 0.560 bits per heavy atom. The highest BCUT2D eigenvalue weighted by molar-refractivity contribution is 6.33. The number of halogens is 1. The molecule has 0 spiro atoms. The van der Waals surface area contributed by atoms with Gasteiger partial charge in [-0.1, -0.05) is 72.3 Å². The summed E-state index contributed by atoms with van der Waals surface area (Å²) in [6.07, 6.45) is 3.44. The van der Waals surface area contributed by atoms with Crippen molar-refractivity contribution < 1.29 is 0 Å². The van der Waals surface area contributed by atoms with Crippen molar-refractivity contribution in [1.82, 2.24) is 9.97 Å². The van der Waals surface area contributed by atoms with Crippen LogP contribution in [-0.4, -0.2) is 9.97 Å². The van der Waals surface area contributed by atoms with Crippen molar-refractivity contribution in [3.05, 3.63) is 96.3 Å². The van der Waals surface area contributed by atoms with Crippen molar-refractivity contribution in [3.8, 4) is 33.6 Å². The third-order valence-electron chi connectivity index (χ3n) is 4.10. The van der Waals surface area contributed by atoms with E-state index in [4.69, 9.17) is 11.6 Å². The molecule has 0 saturated heterocycles. The third kappa shape index (κ3) is 3.17. The molecule has 2 nitrogen and oxygen atoms in total. The molecule has 4 aromatic rings. The van der Waals surface area contributed by atoms with Crippen LogP contribution < -0.4 is 0 Å². The van der Waals surface area contributed by atoms with E-state index in [-0.39, 0.29) is 0 Å². The Bertz CT molecular complexity index is 999. The van der Waals surface area contributed by atoms with Crippen LogP contribution in [0.25, 0.3) is 33.6 Å². The van der Waals surface area contributed by atoms with Crippen molar-refractivity contribution in [2.75, 3.05) is 0 Å². The lowest BCUT2D eigenvalue weighted by Crippen LogP contribution is -1.90. The molecule has 120 valence electrons. The quantitative estimate of drug-likeness (QED) is 0.447. The van der Waals surface area contributed by atoms with Crippen molar-refractivity contribution in [2.45, 2.75) is 0 Å². The van der Waals surface area contributed by atoms with Gasteiger partial charge in [-0.3, -0.25) is 0 Å². The molecule has 0 atom stereocenters. The standard InChI is InChI=1S/C22H15ClN2/c23-21-15-17(11-12-20(21)22-24-13-6-14-25-22)19-10-5-4-9-18(19)16-7-2-1-3-8-16/h1-15H. The summed E-state index contributed by atoms with van der Waals surface area (Å²) in [5.41, 5.74) is 5.43. The second-order valence-corrected chi connectivity index (χ2v) is 6.09. The lowest BCUT2D eigenvalue weighted by atomic mass is 9.94. The first-order valence-corrected chi connectivity index (χ1v) is 8.42. The SMILES string of the molecule is Clc1cc(-c2ccccc2-c2ccccc2)ccc1-c1ncccn1. The number of hydrogen-bond donors (Lipinski definition) is 0. The molecular weight excluding hydrogens is 328 g/mol. The van der Waals surface area contributed by atoms with Gasteiger partial charge in [0.15, 0.2) is 5.82 Å². The molecule has 1 heterocycles. The van der Waals surface area contributed by atoms with E-state index in [0.29, 0.717) is 10.8 Å². The van der Waals surface area contributed by atoms with Gasteiger partial charge in [0, 0.05) is 18.0 Å². The topological polar surface area (TPSA) is 25.8 Å².